The largest absolute Gasteiger partial charge is 0.596 e. The molecule has 0 fully saturated rings. The third kappa shape index (κ3) is 5.88. The second-order valence-electron chi connectivity index (χ2n) is 7.36. The number of benzene rings is 1. The number of rotatable bonds is 11. The SMILES string of the molecule is CCCN([S+]([O-])C(NC(=O)O)c1cccc2c1OC(C)(C)C2)P(=S)(OCC)OCC. The third-order valence-corrected chi connectivity index (χ3v) is 10.3. The van der Waals surface area contributed by atoms with Gasteiger partial charge in [-0.05, 0) is 61.6 Å². The fraction of sp³-hybridized carbons (Fsp3) is 0.632. The van der Waals surface area contributed by atoms with Crippen molar-refractivity contribution in [3.63, 3.8) is 0 Å². The molecule has 2 atom stereocenters. The molecule has 0 aliphatic carbocycles. The number of nitrogens with one attached hydrogen (secondary N) is 1. The lowest BCUT2D eigenvalue weighted by atomic mass is 10.0. The van der Waals surface area contributed by atoms with Crippen LogP contribution in [0.3, 0.4) is 0 Å². The summed E-state index contributed by atoms with van der Waals surface area (Å²) in [6.45, 7) is 7.28. The van der Waals surface area contributed by atoms with E-state index in [2.05, 4.69) is 5.32 Å². The van der Waals surface area contributed by atoms with Gasteiger partial charge in [0.2, 0.25) is 5.37 Å². The first-order chi connectivity index (χ1) is 14.1. The zero-order chi connectivity index (χ0) is 22.5. The molecule has 11 heteroatoms. The molecule has 1 aromatic carbocycles. The fourth-order valence-electron chi connectivity index (χ4n) is 3.31. The van der Waals surface area contributed by atoms with Crippen LogP contribution in [0.5, 0.6) is 5.75 Å². The molecule has 8 nitrogen and oxygen atoms in total. The standard InChI is InChI=1S/C19H31N2O6PS2/c1-6-12-21(28(29,25-7-2)26-8-3)30(24)17(20-18(22)23)15-11-9-10-14-13-19(4,5)27-16(14)15/h9-11,17,20H,6-8,12-13H2,1-5H3,(H,22,23). The predicted octanol–water partition coefficient (Wildman–Crippen LogP) is 4.34. The third-order valence-electron chi connectivity index (χ3n) is 4.34. The molecule has 1 aromatic rings. The van der Waals surface area contributed by atoms with Crippen molar-refractivity contribution in [1.29, 1.82) is 0 Å². The molecule has 1 aliphatic heterocycles. The number of nitrogens with zero attached hydrogens (tertiary/aromatic N) is 1. The first-order valence-corrected chi connectivity index (χ1v) is 13.7. The zero-order valence-electron chi connectivity index (χ0n) is 18.0. The van der Waals surface area contributed by atoms with Crippen molar-refractivity contribution in [3.05, 3.63) is 29.3 Å². The molecule has 30 heavy (non-hydrogen) atoms. The Morgan fingerprint density at radius 1 is 1.40 bits per heavy atom. The minimum Gasteiger partial charge on any atom is -0.596 e. The monoisotopic (exact) mass is 478 g/mol. The van der Waals surface area contributed by atoms with Gasteiger partial charge in [-0.25, -0.2) is 4.79 Å². The van der Waals surface area contributed by atoms with E-state index in [-0.39, 0.29) is 0 Å². The van der Waals surface area contributed by atoms with Crippen LogP contribution in [0.15, 0.2) is 18.2 Å². The van der Waals surface area contributed by atoms with Crippen LogP contribution in [0.2, 0.25) is 0 Å². The molecule has 2 unspecified atom stereocenters. The minimum absolute atomic E-state index is 0.295. The van der Waals surface area contributed by atoms with Gasteiger partial charge in [0, 0.05) is 6.42 Å². The highest BCUT2D eigenvalue weighted by atomic mass is 32.5. The van der Waals surface area contributed by atoms with Crippen LogP contribution < -0.4 is 10.1 Å². The van der Waals surface area contributed by atoms with Crippen LogP contribution in [-0.2, 0) is 38.6 Å². The van der Waals surface area contributed by atoms with E-state index in [1.54, 1.807) is 19.9 Å². The van der Waals surface area contributed by atoms with Gasteiger partial charge >= 0.3 is 12.7 Å². The summed E-state index contributed by atoms with van der Waals surface area (Å²) in [6, 6.07) is 5.48. The van der Waals surface area contributed by atoms with E-state index in [0.29, 0.717) is 43.9 Å². The Morgan fingerprint density at radius 2 is 2.03 bits per heavy atom. The summed E-state index contributed by atoms with van der Waals surface area (Å²) in [4.78, 5) is 11.6. The van der Waals surface area contributed by atoms with Crippen LogP contribution in [0, 0.1) is 0 Å². The summed E-state index contributed by atoms with van der Waals surface area (Å²) in [5, 5.41) is 10.8. The van der Waals surface area contributed by atoms with Gasteiger partial charge in [0.05, 0.1) is 36.7 Å². The number of hydrogen-bond acceptors (Lipinski definition) is 6. The van der Waals surface area contributed by atoms with Gasteiger partial charge in [0.1, 0.15) is 11.4 Å². The average Bonchev–Trinajstić information content (AvgIpc) is 2.97. The maximum absolute atomic E-state index is 13.8. The summed E-state index contributed by atoms with van der Waals surface area (Å²) in [5.41, 5.74) is 1.03. The van der Waals surface area contributed by atoms with E-state index < -0.39 is 35.1 Å². The van der Waals surface area contributed by atoms with E-state index in [1.807, 2.05) is 32.9 Å². The summed E-state index contributed by atoms with van der Waals surface area (Å²) < 4.78 is 32.9. The Hall–Kier alpha value is -0.870. The number of ether oxygens (including phenoxy) is 1. The van der Waals surface area contributed by atoms with E-state index in [0.717, 1.165) is 5.56 Å². The molecule has 0 radical (unpaired) electrons. The van der Waals surface area contributed by atoms with E-state index in [9.17, 15) is 14.5 Å². The highest BCUT2D eigenvalue weighted by molar-refractivity contribution is 8.13. The van der Waals surface area contributed by atoms with Crippen molar-refractivity contribution in [2.24, 2.45) is 0 Å². The molecule has 2 rings (SSSR count). The van der Waals surface area contributed by atoms with E-state index in [1.165, 1.54) is 4.08 Å². The molecular weight excluding hydrogens is 447 g/mol. The van der Waals surface area contributed by atoms with Gasteiger partial charge in [0.25, 0.3) is 0 Å². The van der Waals surface area contributed by atoms with Gasteiger partial charge < -0.3 is 23.4 Å². The molecule has 0 bridgehead atoms. The smallest absolute Gasteiger partial charge is 0.408 e. The first-order valence-electron chi connectivity index (χ1n) is 9.96. The predicted molar refractivity (Wildman–Crippen MR) is 121 cm³/mol. The van der Waals surface area contributed by atoms with Crippen molar-refractivity contribution in [2.75, 3.05) is 19.8 Å². The quantitative estimate of drug-likeness (QED) is 0.358. The Kier molecular flexibility index (Phi) is 9.00. The number of carboxylic acid groups (broad SMARTS) is 1. The number of fused-ring (bicyclic) bond motifs is 1. The number of carbonyl (C=O) groups is 1. The molecule has 0 spiro atoms. The number of para-hydroxylation sites is 1. The molecular formula is C19H31N2O6PS2. The van der Waals surface area contributed by atoms with Crippen LogP contribution in [-0.4, -0.2) is 45.2 Å². The molecule has 170 valence electrons. The highest BCUT2D eigenvalue weighted by Crippen LogP contribution is 2.56. The Balaban J connectivity index is 2.52. The number of hydrogen-bond donors (Lipinski definition) is 2. The molecule has 1 aliphatic rings. The lowest BCUT2D eigenvalue weighted by Crippen LogP contribution is -2.42. The van der Waals surface area contributed by atoms with Crippen LogP contribution in [0.25, 0.3) is 0 Å². The Bertz CT molecular complexity index is 784. The number of amides is 1. The fourth-order valence-corrected chi connectivity index (χ4v) is 8.77. The van der Waals surface area contributed by atoms with Crippen molar-refractivity contribution in [1.82, 2.24) is 9.39 Å². The van der Waals surface area contributed by atoms with Crippen molar-refractivity contribution in [2.45, 2.75) is 58.4 Å². The second-order valence-corrected chi connectivity index (χ2v) is 12.4. The normalized spacial score (nSPS) is 17.3. The van der Waals surface area contributed by atoms with Crippen molar-refractivity contribution >= 4 is 35.9 Å². The maximum Gasteiger partial charge on any atom is 0.408 e. The first kappa shape index (κ1) is 25.4. The molecule has 0 aromatic heterocycles. The van der Waals surface area contributed by atoms with Crippen molar-refractivity contribution in [3.8, 4) is 5.75 Å². The lowest BCUT2D eigenvalue weighted by Gasteiger charge is -2.35. The molecule has 0 saturated carbocycles. The molecule has 2 N–H and O–H groups in total. The zero-order valence-corrected chi connectivity index (χ0v) is 20.6. The summed E-state index contributed by atoms with van der Waals surface area (Å²) in [5.74, 6) is 0.562. The maximum atomic E-state index is 13.8. The Labute approximate surface area is 186 Å². The van der Waals surface area contributed by atoms with Crippen LogP contribution in [0.1, 0.15) is 57.5 Å². The van der Waals surface area contributed by atoms with E-state index >= 15 is 0 Å². The van der Waals surface area contributed by atoms with Gasteiger partial charge in [-0.2, -0.15) is 0 Å². The van der Waals surface area contributed by atoms with Gasteiger partial charge in [-0.15, -0.1) is 0 Å². The molecule has 0 saturated heterocycles. The summed E-state index contributed by atoms with van der Waals surface area (Å²) in [6.07, 6.45) is 0.0262. The van der Waals surface area contributed by atoms with Crippen molar-refractivity contribution < 1.29 is 28.2 Å². The molecule has 1 amide bonds. The molecule has 1 heterocycles. The highest BCUT2D eigenvalue weighted by Gasteiger charge is 2.45. The van der Waals surface area contributed by atoms with Gasteiger partial charge in [-0.1, -0.05) is 19.1 Å². The Morgan fingerprint density at radius 3 is 2.57 bits per heavy atom. The van der Waals surface area contributed by atoms with Gasteiger partial charge in [0.15, 0.2) is 0 Å². The van der Waals surface area contributed by atoms with Crippen LogP contribution in [0.4, 0.5) is 4.79 Å². The lowest BCUT2D eigenvalue weighted by molar-refractivity contribution is 0.137. The topological polar surface area (TPSA) is 103 Å². The summed E-state index contributed by atoms with van der Waals surface area (Å²) in [7, 11) is 0. The van der Waals surface area contributed by atoms with E-state index in [4.69, 9.17) is 25.6 Å². The average molecular weight is 479 g/mol. The summed E-state index contributed by atoms with van der Waals surface area (Å²) >= 11 is 3.77. The second kappa shape index (κ2) is 10.6. The minimum atomic E-state index is -3.07. The van der Waals surface area contributed by atoms with Gasteiger partial charge in [-0.3, -0.25) is 5.32 Å². The van der Waals surface area contributed by atoms with Crippen LogP contribution >= 0.6 is 6.64 Å².